The van der Waals surface area contributed by atoms with E-state index < -0.39 is 0 Å². The third-order valence-corrected chi connectivity index (χ3v) is 3.70. The smallest absolute Gasteiger partial charge is 0.257 e. The SMILES string of the molecule is O=C(c1cnc(-c2cccnc2)nc1)N1CCOC[C@@H](CO)C1. The van der Waals surface area contributed by atoms with Gasteiger partial charge in [0.05, 0.1) is 18.8 Å². The lowest BCUT2D eigenvalue weighted by atomic mass is 10.1. The first-order valence-electron chi connectivity index (χ1n) is 7.48. The first kappa shape index (κ1) is 15.5. The largest absolute Gasteiger partial charge is 0.396 e. The molecule has 1 aliphatic heterocycles. The summed E-state index contributed by atoms with van der Waals surface area (Å²) in [7, 11) is 0. The Hall–Kier alpha value is -2.38. The molecule has 1 aliphatic rings. The highest BCUT2D eigenvalue weighted by molar-refractivity contribution is 5.93. The number of nitrogens with zero attached hydrogens (tertiary/aromatic N) is 4. The maximum atomic E-state index is 12.6. The number of pyridine rings is 1. The van der Waals surface area contributed by atoms with Gasteiger partial charge in [-0.15, -0.1) is 0 Å². The van der Waals surface area contributed by atoms with Crippen LogP contribution in [0.2, 0.25) is 0 Å². The van der Waals surface area contributed by atoms with Gasteiger partial charge in [0.25, 0.3) is 5.91 Å². The summed E-state index contributed by atoms with van der Waals surface area (Å²) in [4.78, 5) is 26.8. The van der Waals surface area contributed by atoms with E-state index >= 15 is 0 Å². The molecule has 7 heteroatoms. The Bertz CT molecular complexity index is 648. The van der Waals surface area contributed by atoms with Gasteiger partial charge in [0.2, 0.25) is 0 Å². The van der Waals surface area contributed by atoms with E-state index in [2.05, 4.69) is 15.0 Å². The van der Waals surface area contributed by atoms with Crippen molar-refractivity contribution in [3.05, 3.63) is 42.5 Å². The van der Waals surface area contributed by atoms with Gasteiger partial charge >= 0.3 is 0 Å². The fraction of sp³-hybridized carbons (Fsp3) is 0.375. The van der Waals surface area contributed by atoms with Crippen molar-refractivity contribution >= 4 is 5.91 Å². The van der Waals surface area contributed by atoms with Crippen molar-refractivity contribution in [2.45, 2.75) is 0 Å². The van der Waals surface area contributed by atoms with Crippen molar-refractivity contribution in [1.29, 1.82) is 0 Å². The van der Waals surface area contributed by atoms with Crippen LogP contribution < -0.4 is 0 Å². The molecule has 120 valence electrons. The van der Waals surface area contributed by atoms with Gasteiger partial charge < -0.3 is 14.7 Å². The summed E-state index contributed by atoms with van der Waals surface area (Å²) in [6.45, 7) is 1.91. The summed E-state index contributed by atoms with van der Waals surface area (Å²) in [6, 6.07) is 3.67. The molecule has 1 amide bonds. The number of ether oxygens (including phenoxy) is 1. The molecule has 1 fully saturated rings. The van der Waals surface area contributed by atoms with Crippen LogP contribution in [0.15, 0.2) is 36.9 Å². The van der Waals surface area contributed by atoms with Crippen LogP contribution in [-0.2, 0) is 4.74 Å². The second-order valence-electron chi connectivity index (χ2n) is 5.41. The fourth-order valence-corrected chi connectivity index (χ4v) is 2.44. The van der Waals surface area contributed by atoms with Gasteiger partial charge in [-0.25, -0.2) is 9.97 Å². The minimum atomic E-state index is -0.147. The molecule has 3 rings (SSSR count). The Morgan fingerprint density at radius 3 is 2.87 bits per heavy atom. The molecule has 0 radical (unpaired) electrons. The Balaban J connectivity index is 1.74. The predicted octanol–water partition coefficient (Wildman–Crippen LogP) is 0.619. The molecule has 23 heavy (non-hydrogen) atoms. The maximum absolute atomic E-state index is 12.6. The topological polar surface area (TPSA) is 88.4 Å². The highest BCUT2D eigenvalue weighted by Crippen LogP contribution is 2.14. The highest BCUT2D eigenvalue weighted by atomic mass is 16.5. The Kier molecular flexibility index (Phi) is 4.89. The van der Waals surface area contributed by atoms with Crippen molar-refractivity contribution in [1.82, 2.24) is 19.9 Å². The molecule has 0 saturated carbocycles. The lowest BCUT2D eigenvalue weighted by molar-refractivity contribution is 0.0727. The summed E-state index contributed by atoms with van der Waals surface area (Å²) < 4.78 is 5.40. The summed E-state index contributed by atoms with van der Waals surface area (Å²) in [5, 5.41) is 9.30. The zero-order valence-electron chi connectivity index (χ0n) is 12.6. The van der Waals surface area contributed by atoms with Crippen molar-refractivity contribution in [3.8, 4) is 11.4 Å². The molecule has 0 bridgehead atoms. The van der Waals surface area contributed by atoms with Crippen LogP contribution in [-0.4, -0.2) is 63.8 Å². The zero-order chi connectivity index (χ0) is 16.1. The van der Waals surface area contributed by atoms with Crippen LogP contribution in [0.3, 0.4) is 0 Å². The molecule has 0 spiro atoms. The molecule has 0 unspecified atom stereocenters. The molecule has 0 aliphatic carbocycles. The number of carbonyl (C=O) groups is 1. The second kappa shape index (κ2) is 7.26. The van der Waals surface area contributed by atoms with E-state index in [1.165, 1.54) is 12.4 Å². The van der Waals surface area contributed by atoms with E-state index in [9.17, 15) is 9.90 Å². The van der Waals surface area contributed by atoms with Crippen LogP contribution in [0.5, 0.6) is 0 Å². The van der Waals surface area contributed by atoms with Crippen LogP contribution in [0.4, 0.5) is 0 Å². The third-order valence-electron chi connectivity index (χ3n) is 3.70. The number of aliphatic hydroxyl groups is 1. The second-order valence-corrected chi connectivity index (χ2v) is 5.41. The molecule has 2 aromatic heterocycles. The third kappa shape index (κ3) is 3.69. The number of carbonyl (C=O) groups excluding carboxylic acids is 1. The molecule has 2 aromatic rings. The first-order valence-corrected chi connectivity index (χ1v) is 7.48. The molecule has 1 atom stereocenters. The molecule has 0 aromatic carbocycles. The predicted molar refractivity (Wildman–Crippen MR) is 82.6 cm³/mol. The van der Waals surface area contributed by atoms with Gasteiger partial charge in [-0.2, -0.15) is 0 Å². The maximum Gasteiger partial charge on any atom is 0.257 e. The van der Waals surface area contributed by atoms with Crippen LogP contribution in [0, 0.1) is 5.92 Å². The Morgan fingerprint density at radius 1 is 1.35 bits per heavy atom. The average molecular weight is 314 g/mol. The van der Waals surface area contributed by atoms with E-state index in [-0.39, 0.29) is 18.4 Å². The molecule has 1 saturated heterocycles. The lowest BCUT2D eigenvalue weighted by Gasteiger charge is -2.22. The number of amides is 1. The summed E-state index contributed by atoms with van der Waals surface area (Å²) in [5.41, 5.74) is 1.23. The van der Waals surface area contributed by atoms with E-state index in [1.54, 1.807) is 17.3 Å². The molecular formula is C16H18N4O3. The van der Waals surface area contributed by atoms with Gasteiger partial charge in [-0.05, 0) is 12.1 Å². The monoisotopic (exact) mass is 314 g/mol. The minimum Gasteiger partial charge on any atom is -0.396 e. The highest BCUT2D eigenvalue weighted by Gasteiger charge is 2.23. The van der Waals surface area contributed by atoms with Crippen molar-refractivity contribution in [2.24, 2.45) is 5.92 Å². The number of hydrogen-bond acceptors (Lipinski definition) is 6. The standard InChI is InChI=1S/C16H18N4O3/c21-10-12-9-20(4-5-23-11-12)16(22)14-7-18-15(19-8-14)13-2-1-3-17-6-13/h1-3,6-8,12,21H,4-5,9-11H2/t12-/m1/s1. The lowest BCUT2D eigenvalue weighted by Crippen LogP contribution is -2.36. The minimum absolute atomic E-state index is 0.000223. The van der Waals surface area contributed by atoms with E-state index in [1.807, 2.05) is 12.1 Å². The van der Waals surface area contributed by atoms with Crippen molar-refractivity contribution in [2.75, 3.05) is 32.9 Å². The number of rotatable bonds is 3. The van der Waals surface area contributed by atoms with Crippen LogP contribution >= 0.6 is 0 Å². The van der Waals surface area contributed by atoms with E-state index in [0.717, 1.165) is 5.56 Å². The molecule has 7 nitrogen and oxygen atoms in total. The summed E-state index contributed by atoms with van der Waals surface area (Å²) >= 11 is 0. The zero-order valence-corrected chi connectivity index (χ0v) is 12.6. The number of aromatic nitrogens is 3. The van der Waals surface area contributed by atoms with E-state index in [0.29, 0.717) is 37.7 Å². The summed E-state index contributed by atoms with van der Waals surface area (Å²) in [6.07, 6.45) is 6.41. The van der Waals surface area contributed by atoms with Crippen molar-refractivity contribution in [3.63, 3.8) is 0 Å². The van der Waals surface area contributed by atoms with Crippen molar-refractivity contribution < 1.29 is 14.6 Å². The normalized spacial score (nSPS) is 18.5. The number of aliphatic hydroxyl groups excluding tert-OH is 1. The van der Waals surface area contributed by atoms with Gasteiger partial charge in [0.15, 0.2) is 5.82 Å². The number of hydrogen-bond donors (Lipinski definition) is 1. The molecule has 3 heterocycles. The Labute approximate surface area is 134 Å². The quantitative estimate of drug-likeness (QED) is 0.893. The van der Waals surface area contributed by atoms with Gasteiger partial charge in [-0.1, -0.05) is 0 Å². The average Bonchev–Trinajstić information content (AvgIpc) is 2.88. The van der Waals surface area contributed by atoms with Gasteiger partial charge in [-0.3, -0.25) is 9.78 Å². The van der Waals surface area contributed by atoms with Crippen LogP contribution in [0.25, 0.3) is 11.4 Å². The van der Waals surface area contributed by atoms with Gasteiger partial charge in [0, 0.05) is 56.0 Å². The summed E-state index contributed by atoms with van der Waals surface area (Å²) in [5.74, 6) is 0.325. The fourth-order valence-electron chi connectivity index (χ4n) is 2.44. The first-order chi connectivity index (χ1) is 11.3. The molecular weight excluding hydrogens is 296 g/mol. The van der Waals surface area contributed by atoms with E-state index in [4.69, 9.17) is 4.74 Å². The Morgan fingerprint density at radius 2 is 2.17 bits per heavy atom. The molecule has 1 N–H and O–H groups in total. The van der Waals surface area contributed by atoms with Gasteiger partial charge in [0.1, 0.15) is 0 Å². The van der Waals surface area contributed by atoms with Crippen LogP contribution in [0.1, 0.15) is 10.4 Å².